The van der Waals surface area contributed by atoms with Crippen LogP contribution in [0.4, 0.5) is 17.5 Å². The molecule has 0 aliphatic heterocycles. The van der Waals surface area contributed by atoms with Crippen LogP contribution in [0.1, 0.15) is 17.3 Å². The van der Waals surface area contributed by atoms with Crippen molar-refractivity contribution >= 4 is 35.0 Å². The summed E-state index contributed by atoms with van der Waals surface area (Å²) in [7, 11) is 2.97. The number of benzene rings is 1. The van der Waals surface area contributed by atoms with Gasteiger partial charge in [-0.25, -0.2) is 9.78 Å². The zero-order valence-corrected chi connectivity index (χ0v) is 14.4. The lowest BCUT2D eigenvalue weighted by Gasteiger charge is -2.15. The predicted molar refractivity (Wildman–Crippen MR) is 93.1 cm³/mol. The van der Waals surface area contributed by atoms with Crippen molar-refractivity contribution in [3.05, 3.63) is 41.0 Å². The van der Waals surface area contributed by atoms with Gasteiger partial charge in [0.2, 0.25) is 5.95 Å². The summed E-state index contributed by atoms with van der Waals surface area (Å²) in [4.78, 5) is 19.9. The van der Waals surface area contributed by atoms with Gasteiger partial charge in [0.1, 0.15) is 5.02 Å². The van der Waals surface area contributed by atoms with Gasteiger partial charge >= 0.3 is 5.97 Å². The highest BCUT2D eigenvalue weighted by atomic mass is 35.5. The summed E-state index contributed by atoms with van der Waals surface area (Å²) >= 11 is 6.11. The maximum absolute atomic E-state index is 11.4. The molecule has 2 N–H and O–H groups in total. The second kappa shape index (κ2) is 8.47. The molecule has 7 nitrogen and oxygen atoms in total. The van der Waals surface area contributed by atoms with Crippen LogP contribution in [0.25, 0.3) is 0 Å². The first-order valence-electron chi connectivity index (χ1n) is 7.27. The van der Waals surface area contributed by atoms with Crippen molar-refractivity contribution in [2.75, 3.05) is 31.5 Å². The van der Waals surface area contributed by atoms with Crippen LogP contribution in [0.2, 0.25) is 5.02 Å². The summed E-state index contributed by atoms with van der Waals surface area (Å²) in [5, 5.41) is 6.64. The third kappa shape index (κ3) is 4.81. The monoisotopic (exact) mass is 350 g/mol. The number of nitrogens with zero attached hydrogens (tertiary/aromatic N) is 2. The molecule has 0 amide bonds. The van der Waals surface area contributed by atoms with E-state index in [0.29, 0.717) is 29.0 Å². The molecule has 0 fully saturated rings. The highest BCUT2D eigenvalue weighted by Gasteiger charge is 2.10. The van der Waals surface area contributed by atoms with Crippen LogP contribution in [0.15, 0.2) is 30.5 Å². The summed E-state index contributed by atoms with van der Waals surface area (Å²) in [5.74, 6) is 0.519. The molecule has 0 saturated carbocycles. The van der Waals surface area contributed by atoms with Gasteiger partial charge in [-0.2, -0.15) is 4.98 Å². The molecule has 0 aliphatic carbocycles. The topological polar surface area (TPSA) is 85.4 Å². The van der Waals surface area contributed by atoms with Gasteiger partial charge < -0.3 is 20.1 Å². The van der Waals surface area contributed by atoms with Gasteiger partial charge in [0.05, 0.1) is 25.5 Å². The Labute approximate surface area is 145 Å². The Bertz CT molecular complexity index is 694. The molecule has 8 heteroatoms. The molecular formula is C16H19ClN4O3. The molecule has 0 aliphatic rings. The van der Waals surface area contributed by atoms with E-state index in [0.717, 1.165) is 5.69 Å². The Morgan fingerprint density at radius 2 is 2.00 bits per heavy atom. The van der Waals surface area contributed by atoms with Crippen LogP contribution in [-0.2, 0) is 9.47 Å². The number of carbonyl (C=O) groups is 1. The minimum Gasteiger partial charge on any atom is -0.465 e. The fourth-order valence-corrected chi connectivity index (χ4v) is 2.14. The first-order valence-corrected chi connectivity index (χ1v) is 7.64. The Morgan fingerprint density at radius 3 is 2.62 bits per heavy atom. The smallest absolute Gasteiger partial charge is 0.337 e. The van der Waals surface area contributed by atoms with E-state index in [4.69, 9.17) is 16.3 Å². The Kier molecular flexibility index (Phi) is 6.34. The zero-order chi connectivity index (χ0) is 17.5. The van der Waals surface area contributed by atoms with Gasteiger partial charge in [-0.05, 0) is 31.2 Å². The lowest BCUT2D eigenvalue weighted by atomic mass is 10.2. The molecule has 0 radical (unpaired) electrons. The van der Waals surface area contributed by atoms with Crippen molar-refractivity contribution in [1.82, 2.24) is 9.97 Å². The van der Waals surface area contributed by atoms with E-state index in [2.05, 4.69) is 25.3 Å². The number of halogens is 1. The molecule has 128 valence electrons. The second-order valence-corrected chi connectivity index (χ2v) is 5.49. The number of rotatable bonds is 7. The van der Waals surface area contributed by atoms with Gasteiger partial charge in [0, 0.05) is 18.8 Å². The summed E-state index contributed by atoms with van der Waals surface area (Å²) in [6.07, 6.45) is 1.52. The van der Waals surface area contributed by atoms with E-state index >= 15 is 0 Å². The number of hydrogen-bond acceptors (Lipinski definition) is 7. The Morgan fingerprint density at radius 1 is 1.29 bits per heavy atom. The summed E-state index contributed by atoms with van der Waals surface area (Å²) in [5.41, 5.74) is 1.21. The van der Waals surface area contributed by atoms with Crippen molar-refractivity contribution in [3.8, 4) is 0 Å². The van der Waals surface area contributed by atoms with Crippen molar-refractivity contribution in [1.29, 1.82) is 0 Å². The van der Waals surface area contributed by atoms with Crippen molar-refractivity contribution in [2.45, 2.75) is 13.0 Å². The van der Waals surface area contributed by atoms with E-state index in [1.807, 2.05) is 6.92 Å². The number of carbonyl (C=O) groups excluding carboxylic acids is 1. The largest absolute Gasteiger partial charge is 0.465 e. The molecule has 1 atom stereocenters. The van der Waals surface area contributed by atoms with Crippen molar-refractivity contribution in [2.24, 2.45) is 0 Å². The first-order chi connectivity index (χ1) is 11.5. The van der Waals surface area contributed by atoms with Gasteiger partial charge in [0.15, 0.2) is 5.82 Å². The Balaban J connectivity index is 2.11. The number of methoxy groups -OCH3 is 2. The van der Waals surface area contributed by atoms with Gasteiger partial charge in [-0.15, -0.1) is 0 Å². The fraction of sp³-hybridized carbons (Fsp3) is 0.312. The molecule has 1 aromatic heterocycles. The van der Waals surface area contributed by atoms with Crippen molar-refractivity contribution < 1.29 is 14.3 Å². The van der Waals surface area contributed by atoms with E-state index in [1.54, 1.807) is 31.4 Å². The molecule has 2 rings (SSSR count). The van der Waals surface area contributed by atoms with Crippen LogP contribution < -0.4 is 10.6 Å². The molecule has 0 saturated heterocycles. The van der Waals surface area contributed by atoms with E-state index in [1.165, 1.54) is 13.3 Å². The maximum atomic E-state index is 11.4. The van der Waals surface area contributed by atoms with E-state index in [-0.39, 0.29) is 12.0 Å². The molecule has 1 unspecified atom stereocenters. The highest BCUT2D eigenvalue weighted by Crippen LogP contribution is 2.22. The minimum atomic E-state index is -0.386. The number of anilines is 3. The number of ether oxygens (including phenoxy) is 2. The average Bonchev–Trinajstić information content (AvgIpc) is 2.58. The standard InChI is InChI=1S/C16H19ClN4O3/c1-10(9-23-2)19-14-13(17)8-18-16(21-14)20-12-6-4-11(5-7-12)15(22)24-3/h4-8,10H,9H2,1-3H3,(H2,18,19,20,21). The van der Waals surface area contributed by atoms with Gasteiger partial charge in [0.25, 0.3) is 0 Å². The normalized spacial score (nSPS) is 11.7. The number of nitrogens with one attached hydrogen (secondary N) is 2. The highest BCUT2D eigenvalue weighted by molar-refractivity contribution is 6.32. The third-order valence-electron chi connectivity index (χ3n) is 3.11. The molecule has 2 aromatic rings. The van der Waals surface area contributed by atoms with Crippen molar-refractivity contribution in [3.63, 3.8) is 0 Å². The third-order valence-corrected chi connectivity index (χ3v) is 3.38. The van der Waals surface area contributed by atoms with E-state index in [9.17, 15) is 4.79 Å². The SMILES string of the molecule is COCC(C)Nc1nc(Nc2ccc(C(=O)OC)cc2)ncc1Cl. The molecule has 1 aromatic carbocycles. The van der Waals surface area contributed by atoms with Gasteiger partial charge in [-0.1, -0.05) is 11.6 Å². The zero-order valence-electron chi connectivity index (χ0n) is 13.7. The van der Waals surface area contributed by atoms with Crippen LogP contribution in [0, 0.1) is 0 Å². The second-order valence-electron chi connectivity index (χ2n) is 5.08. The fourth-order valence-electron chi connectivity index (χ4n) is 1.99. The van der Waals surface area contributed by atoms with Crippen LogP contribution >= 0.6 is 11.6 Å². The van der Waals surface area contributed by atoms with E-state index < -0.39 is 0 Å². The van der Waals surface area contributed by atoms with Crippen LogP contribution in [0.3, 0.4) is 0 Å². The minimum absolute atomic E-state index is 0.0505. The average molecular weight is 351 g/mol. The lowest BCUT2D eigenvalue weighted by Crippen LogP contribution is -2.22. The number of esters is 1. The first kappa shape index (κ1) is 18.0. The molecule has 0 spiro atoms. The molecule has 1 heterocycles. The summed E-state index contributed by atoms with van der Waals surface area (Å²) < 4.78 is 9.74. The number of hydrogen-bond donors (Lipinski definition) is 2. The predicted octanol–water partition coefficient (Wildman–Crippen LogP) is 3.11. The number of aromatic nitrogens is 2. The molecule has 24 heavy (non-hydrogen) atoms. The molecule has 0 bridgehead atoms. The van der Waals surface area contributed by atoms with Crippen LogP contribution in [-0.4, -0.2) is 42.8 Å². The lowest BCUT2D eigenvalue weighted by molar-refractivity contribution is 0.0601. The molecular weight excluding hydrogens is 332 g/mol. The van der Waals surface area contributed by atoms with Crippen LogP contribution in [0.5, 0.6) is 0 Å². The summed E-state index contributed by atoms with van der Waals surface area (Å²) in [6, 6.07) is 6.85. The summed E-state index contributed by atoms with van der Waals surface area (Å²) in [6.45, 7) is 2.48. The van der Waals surface area contributed by atoms with Gasteiger partial charge in [-0.3, -0.25) is 0 Å². The quantitative estimate of drug-likeness (QED) is 0.742. The Hall–Kier alpha value is -2.38. The maximum Gasteiger partial charge on any atom is 0.337 e.